The molecule has 8 heteroatoms. The quantitative estimate of drug-likeness (QED) is 0.839. The normalized spacial score (nSPS) is 20.4. The molecule has 0 bridgehead atoms. The second kappa shape index (κ2) is 6.27. The minimum Gasteiger partial charge on any atom is -0.481 e. The van der Waals surface area contributed by atoms with Crippen LogP contribution in [0.4, 0.5) is 0 Å². The molecule has 7 nitrogen and oxygen atoms in total. The third-order valence-electron chi connectivity index (χ3n) is 3.63. The monoisotopic (exact) mass is 321 g/mol. The first-order chi connectivity index (χ1) is 10.6. The van der Waals surface area contributed by atoms with Crippen molar-refractivity contribution in [3.8, 4) is 10.7 Å². The molecule has 1 aliphatic carbocycles. The van der Waals surface area contributed by atoms with E-state index in [1.807, 2.05) is 17.5 Å². The highest BCUT2D eigenvalue weighted by Crippen LogP contribution is 2.27. The molecule has 2 aromatic heterocycles. The van der Waals surface area contributed by atoms with Crippen molar-refractivity contribution in [1.29, 1.82) is 0 Å². The van der Waals surface area contributed by atoms with Crippen LogP contribution in [0.15, 0.2) is 22.0 Å². The number of aromatic nitrogens is 2. The van der Waals surface area contributed by atoms with E-state index >= 15 is 0 Å². The van der Waals surface area contributed by atoms with Crippen LogP contribution in [0.3, 0.4) is 0 Å². The summed E-state index contributed by atoms with van der Waals surface area (Å²) in [6.45, 7) is 0. The van der Waals surface area contributed by atoms with Gasteiger partial charge in [-0.15, -0.1) is 11.3 Å². The molecule has 1 amide bonds. The van der Waals surface area contributed by atoms with Crippen LogP contribution in [-0.4, -0.2) is 33.2 Å². The fourth-order valence-electron chi connectivity index (χ4n) is 2.32. The number of nitrogens with one attached hydrogen (secondary N) is 1. The van der Waals surface area contributed by atoms with Crippen LogP contribution in [-0.2, 0) is 16.0 Å². The molecule has 3 rings (SSSR count). The average molecular weight is 321 g/mol. The van der Waals surface area contributed by atoms with Crippen molar-refractivity contribution in [2.75, 3.05) is 0 Å². The number of thiophene rings is 1. The Morgan fingerprint density at radius 2 is 2.27 bits per heavy atom. The molecule has 2 N–H and O–H groups in total. The van der Waals surface area contributed by atoms with E-state index in [0.29, 0.717) is 31.0 Å². The van der Waals surface area contributed by atoms with E-state index in [-0.39, 0.29) is 24.3 Å². The van der Waals surface area contributed by atoms with Gasteiger partial charge in [0.05, 0.1) is 10.8 Å². The van der Waals surface area contributed by atoms with Gasteiger partial charge in [0.1, 0.15) is 0 Å². The lowest BCUT2D eigenvalue weighted by Crippen LogP contribution is -2.46. The molecule has 2 heterocycles. The third kappa shape index (κ3) is 3.33. The van der Waals surface area contributed by atoms with Crippen molar-refractivity contribution in [3.63, 3.8) is 0 Å². The third-order valence-corrected chi connectivity index (χ3v) is 4.49. The van der Waals surface area contributed by atoms with E-state index in [1.54, 1.807) is 0 Å². The molecule has 2 aromatic rings. The van der Waals surface area contributed by atoms with Crippen LogP contribution in [0.25, 0.3) is 10.7 Å². The number of amides is 1. The fourth-order valence-corrected chi connectivity index (χ4v) is 2.97. The zero-order valence-electron chi connectivity index (χ0n) is 11.7. The van der Waals surface area contributed by atoms with Gasteiger partial charge in [0.15, 0.2) is 0 Å². The summed E-state index contributed by atoms with van der Waals surface area (Å²) in [5, 5.41) is 17.4. The number of aliphatic carboxylic acids is 1. The van der Waals surface area contributed by atoms with Gasteiger partial charge in [0, 0.05) is 18.9 Å². The van der Waals surface area contributed by atoms with E-state index in [4.69, 9.17) is 9.63 Å². The molecule has 0 aromatic carbocycles. The van der Waals surface area contributed by atoms with Crippen LogP contribution in [0.2, 0.25) is 0 Å². The summed E-state index contributed by atoms with van der Waals surface area (Å²) in [6.07, 6.45) is 1.63. The molecule has 22 heavy (non-hydrogen) atoms. The maximum Gasteiger partial charge on any atom is 0.306 e. The van der Waals surface area contributed by atoms with Crippen molar-refractivity contribution in [2.45, 2.75) is 31.7 Å². The van der Waals surface area contributed by atoms with Crippen molar-refractivity contribution >= 4 is 23.2 Å². The molecule has 0 spiro atoms. The van der Waals surface area contributed by atoms with Crippen LogP contribution in [0.1, 0.15) is 25.2 Å². The van der Waals surface area contributed by atoms with E-state index < -0.39 is 5.97 Å². The standard InChI is InChI=1S/C14H15N3O4S/c18-11(15-9-6-8(7-9)14(19)20)3-4-12-16-13(17-21-12)10-2-1-5-22-10/h1-2,5,8-9H,3-4,6-7H2,(H,15,18)(H,19,20). The number of carbonyl (C=O) groups excluding carboxylic acids is 1. The Bertz CT molecular complexity index is 661. The summed E-state index contributed by atoms with van der Waals surface area (Å²) >= 11 is 1.52. The van der Waals surface area contributed by atoms with Gasteiger partial charge in [0.2, 0.25) is 17.6 Å². The Labute approximate surface area is 130 Å². The SMILES string of the molecule is O=C(CCc1nc(-c2cccs2)no1)NC1CC(C(=O)O)C1. The molecule has 0 saturated heterocycles. The maximum atomic E-state index is 11.8. The molecule has 1 fully saturated rings. The van der Waals surface area contributed by atoms with Gasteiger partial charge in [-0.3, -0.25) is 9.59 Å². The number of hydrogen-bond donors (Lipinski definition) is 2. The fraction of sp³-hybridized carbons (Fsp3) is 0.429. The second-order valence-corrected chi connectivity index (χ2v) is 6.21. The summed E-state index contributed by atoms with van der Waals surface area (Å²) in [5.41, 5.74) is 0. The Morgan fingerprint density at radius 1 is 1.45 bits per heavy atom. The largest absolute Gasteiger partial charge is 0.481 e. The van der Waals surface area contributed by atoms with E-state index in [1.165, 1.54) is 11.3 Å². The molecular formula is C14H15N3O4S. The van der Waals surface area contributed by atoms with Crippen molar-refractivity contribution in [3.05, 3.63) is 23.4 Å². The first-order valence-electron chi connectivity index (χ1n) is 7.00. The van der Waals surface area contributed by atoms with Crippen molar-refractivity contribution < 1.29 is 19.2 Å². The summed E-state index contributed by atoms with van der Waals surface area (Å²) in [4.78, 5) is 27.6. The second-order valence-electron chi connectivity index (χ2n) is 5.26. The topological polar surface area (TPSA) is 105 Å². The van der Waals surface area contributed by atoms with Crippen molar-refractivity contribution in [1.82, 2.24) is 15.5 Å². The van der Waals surface area contributed by atoms with Gasteiger partial charge in [-0.2, -0.15) is 4.98 Å². The number of nitrogens with zero attached hydrogens (tertiary/aromatic N) is 2. The number of carboxylic acid groups (broad SMARTS) is 1. The number of carbonyl (C=O) groups is 2. The highest BCUT2D eigenvalue weighted by atomic mass is 32.1. The molecule has 1 aliphatic rings. The van der Waals surface area contributed by atoms with Crippen LogP contribution in [0.5, 0.6) is 0 Å². The minimum atomic E-state index is -0.794. The van der Waals surface area contributed by atoms with Gasteiger partial charge >= 0.3 is 5.97 Å². The molecule has 0 radical (unpaired) electrons. The lowest BCUT2D eigenvalue weighted by atomic mass is 9.80. The minimum absolute atomic E-state index is 0.0297. The average Bonchev–Trinajstić information content (AvgIpc) is 3.09. The van der Waals surface area contributed by atoms with Gasteiger partial charge in [-0.05, 0) is 24.3 Å². The molecule has 0 atom stereocenters. The lowest BCUT2D eigenvalue weighted by molar-refractivity contribution is -0.146. The number of hydrogen-bond acceptors (Lipinski definition) is 6. The summed E-state index contributed by atoms with van der Waals surface area (Å²) in [5.74, 6) is -0.277. The van der Waals surface area contributed by atoms with Crippen molar-refractivity contribution in [2.24, 2.45) is 5.92 Å². The van der Waals surface area contributed by atoms with Gasteiger partial charge in [-0.1, -0.05) is 11.2 Å². The lowest BCUT2D eigenvalue weighted by Gasteiger charge is -2.32. The highest BCUT2D eigenvalue weighted by Gasteiger charge is 2.35. The van der Waals surface area contributed by atoms with Crippen LogP contribution >= 0.6 is 11.3 Å². The van der Waals surface area contributed by atoms with Crippen LogP contribution < -0.4 is 5.32 Å². The predicted molar refractivity (Wildman–Crippen MR) is 78.2 cm³/mol. The smallest absolute Gasteiger partial charge is 0.306 e. The van der Waals surface area contributed by atoms with Crippen LogP contribution in [0, 0.1) is 5.92 Å². The summed E-state index contributed by atoms with van der Waals surface area (Å²) in [6, 6.07) is 3.78. The molecule has 0 unspecified atom stereocenters. The molecule has 0 aliphatic heterocycles. The maximum absolute atomic E-state index is 11.8. The summed E-state index contributed by atoms with van der Waals surface area (Å²) in [7, 11) is 0. The summed E-state index contributed by atoms with van der Waals surface area (Å²) < 4.78 is 5.12. The zero-order valence-corrected chi connectivity index (χ0v) is 12.5. The van der Waals surface area contributed by atoms with E-state index in [0.717, 1.165) is 4.88 Å². The van der Waals surface area contributed by atoms with Gasteiger partial charge in [-0.25, -0.2) is 0 Å². The Hall–Kier alpha value is -2.22. The Kier molecular flexibility index (Phi) is 4.19. The van der Waals surface area contributed by atoms with Gasteiger partial charge < -0.3 is 14.9 Å². The Morgan fingerprint density at radius 3 is 2.95 bits per heavy atom. The highest BCUT2D eigenvalue weighted by molar-refractivity contribution is 7.13. The number of rotatable bonds is 6. The Balaban J connectivity index is 1.43. The number of carboxylic acids is 1. The molecular weight excluding hydrogens is 306 g/mol. The predicted octanol–water partition coefficient (Wildman–Crippen LogP) is 1.71. The first kappa shape index (κ1) is 14.7. The van der Waals surface area contributed by atoms with Gasteiger partial charge in [0.25, 0.3) is 0 Å². The molecule has 116 valence electrons. The van der Waals surface area contributed by atoms with E-state index in [2.05, 4.69) is 15.5 Å². The van der Waals surface area contributed by atoms with E-state index in [9.17, 15) is 9.59 Å². The first-order valence-corrected chi connectivity index (χ1v) is 7.88. The number of aryl methyl sites for hydroxylation is 1. The molecule has 1 saturated carbocycles. The zero-order chi connectivity index (χ0) is 15.5.